The fourth-order valence-corrected chi connectivity index (χ4v) is 6.38. The van der Waals surface area contributed by atoms with Crippen LogP contribution in [-0.4, -0.2) is 39.6 Å². The van der Waals surface area contributed by atoms with Gasteiger partial charge in [0.15, 0.2) is 23.1 Å². The number of thiazole rings is 1. The van der Waals surface area contributed by atoms with Gasteiger partial charge in [0.25, 0.3) is 0 Å². The summed E-state index contributed by atoms with van der Waals surface area (Å²) in [6, 6.07) is 3.81. The molecule has 5 aromatic rings. The zero-order chi connectivity index (χ0) is 33.9. The number of ether oxygens (including phenoxy) is 2. The summed E-state index contributed by atoms with van der Waals surface area (Å²) in [6.07, 6.45) is 10.1. The molecule has 1 unspecified atom stereocenters. The van der Waals surface area contributed by atoms with Gasteiger partial charge in [0.05, 0.1) is 12.4 Å². The number of nitrogens with two attached hydrogens (primary N) is 4. The first-order valence-electron chi connectivity index (χ1n) is 15.0. The molecule has 1 atom stereocenters. The minimum absolute atomic E-state index is 0.0284. The topological polar surface area (TPSA) is 213 Å². The van der Waals surface area contributed by atoms with Crippen molar-refractivity contribution >= 4 is 46.6 Å². The molecule has 0 aliphatic carbocycles. The molecule has 246 valence electrons. The Morgan fingerprint density at radius 3 is 1.89 bits per heavy atom. The van der Waals surface area contributed by atoms with E-state index in [-0.39, 0.29) is 40.1 Å². The summed E-state index contributed by atoms with van der Waals surface area (Å²) in [4.78, 5) is 31.3. The highest BCUT2D eigenvalue weighted by atomic mass is 32.2. The molecule has 5 aromatic heterocycles. The van der Waals surface area contributed by atoms with E-state index in [1.54, 1.807) is 23.1 Å². The first-order chi connectivity index (χ1) is 22.3. The van der Waals surface area contributed by atoms with Crippen LogP contribution in [0, 0.1) is 0 Å². The number of nitrogens with zero attached hydrogens (tertiary/aromatic N) is 7. The van der Waals surface area contributed by atoms with Gasteiger partial charge in [-0.25, -0.2) is 19.9 Å². The molecule has 5 rings (SSSR count). The second-order valence-corrected chi connectivity index (χ2v) is 15.2. The van der Waals surface area contributed by atoms with Gasteiger partial charge in [-0.2, -0.15) is 9.97 Å². The Hall–Kier alpha value is -4.76. The Morgan fingerprint density at radius 1 is 0.723 bits per heavy atom. The Kier molecular flexibility index (Phi) is 9.96. The van der Waals surface area contributed by atoms with E-state index in [2.05, 4.69) is 66.5 Å². The van der Waals surface area contributed by atoms with E-state index in [9.17, 15) is 0 Å². The molecule has 47 heavy (non-hydrogen) atoms. The lowest BCUT2D eigenvalue weighted by Gasteiger charge is -2.20. The van der Waals surface area contributed by atoms with Crippen molar-refractivity contribution < 1.29 is 9.47 Å². The molecule has 0 aliphatic heterocycles. The second kappa shape index (κ2) is 13.9. The van der Waals surface area contributed by atoms with Crippen molar-refractivity contribution in [2.24, 2.45) is 0 Å². The lowest BCUT2D eigenvalue weighted by Crippen LogP contribution is -2.08. The number of aryl methyl sites for hydroxylation is 1. The Morgan fingerprint density at radius 2 is 1.32 bits per heavy atom. The Balaban J connectivity index is 1.34. The minimum atomic E-state index is -0.0284. The van der Waals surface area contributed by atoms with Crippen LogP contribution in [0.2, 0.25) is 0 Å². The maximum atomic E-state index is 6.27. The average Bonchev–Trinajstić information content (AvgIpc) is 3.47. The molecule has 0 saturated heterocycles. The third-order valence-electron chi connectivity index (χ3n) is 6.97. The molecular formula is C32H39N11O2S2. The van der Waals surface area contributed by atoms with Crippen molar-refractivity contribution in [3.63, 3.8) is 0 Å². The number of aromatic nitrogens is 7. The van der Waals surface area contributed by atoms with Gasteiger partial charge in [0.1, 0.15) is 27.2 Å². The standard InChI is InChI=1S/C32H39N11O2S2/c1-16(2)19-12-37-21(9-22(19)44-24-14-40-30(35)42-27(24)33)29-39-11-18(46-29)8-7-17(3)20-13-38-26(47-32(4,5)6)10-23(20)45-25-15-41-31(36)43-28(25)34/h9-17H,7-8H2,1-6H3,(H4,33,35,40,42)(H4,34,36,41,43). The maximum absolute atomic E-state index is 6.27. The van der Waals surface area contributed by atoms with Crippen LogP contribution >= 0.6 is 23.1 Å². The predicted octanol–water partition coefficient (Wildman–Crippen LogP) is 6.84. The number of anilines is 4. The molecule has 15 heteroatoms. The molecule has 0 spiro atoms. The smallest absolute Gasteiger partial charge is 0.222 e. The molecular weight excluding hydrogens is 635 g/mol. The van der Waals surface area contributed by atoms with E-state index in [4.69, 9.17) is 42.4 Å². The van der Waals surface area contributed by atoms with E-state index < -0.39 is 0 Å². The van der Waals surface area contributed by atoms with Crippen LogP contribution in [0.4, 0.5) is 23.5 Å². The van der Waals surface area contributed by atoms with E-state index >= 15 is 0 Å². The van der Waals surface area contributed by atoms with Gasteiger partial charge < -0.3 is 32.4 Å². The van der Waals surface area contributed by atoms with Crippen LogP contribution in [-0.2, 0) is 6.42 Å². The predicted molar refractivity (Wildman–Crippen MR) is 188 cm³/mol. The third kappa shape index (κ3) is 8.54. The summed E-state index contributed by atoms with van der Waals surface area (Å²) < 4.78 is 12.4. The van der Waals surface area contributed by atoms with Crippen LogP contribution in [0.3, 0.4) is 0 Å². The Bertz CT molecular complexity index is 1870. The molecule has 5 heterocycles. The lowest BCUT2D eigenvalue weighted by molar-refractivity contribution is 0.464. The van der Waals surface area contributed by atoms with E-state index in [0.717, 1.165) is 38.9 Å². The van der Waals surface area contributed by atoms with Crippen molar-refractivity contribution in [1.29, 1.82) is 0 Å². The van der Waals surface area contributed by atoms with E-state index in [1.807, 2.05) is 30.7 Å². The minimum Gasteiger partial charge on any atom is -0.451 e. The van der Waals surface area contributed by atoms with Crippen molar-refractivity contribution in [1.82, 2.24) is 34.9 Å². The zero-order valence-corrected chi connectivity index (χ0v) is 28.8. The molecule has 0 aromatic carbocycles. The molecule has 0 aliphatic rings. The van der Waals surface area contributed by atoms with Crippen molar-refractivity contribution in [3.05, 3.63) is 59.1 Å². The second-order valence-electron chi connectivity index (χ2n) is 12.3. The molecule has 0 saturated carbocycles. The highest BCUT2D eigenvalue weighted by molar-refractivity contribution is 8.00. The summed E-state index contributed by atoms with van der Waals surface area (Å²) in [5, 5.41) is 1.62. The number of thioether (sulfide) groups is 1. The highest BCUT2D eigenvalue weighted by Gasteiger charge is 2.21. The summed E-state index contributed by atoms with van der Waals surface area (Å²) in [6.45, 7) is 12.7. The molecule has 0 bridgehead atoms. The fourth-order valence-electron chi connectivity index (χ4n) is 4.59. The normalized spacial score (nSPS) is 12.3. The van der Waals surface area contributed by atoms with Crippen LogP contribution < -0.4 is 32.4 Å². The summed E-state index contributed by atoms with van der Waals surface area (Å²) in [7, 11) is 0. The number of pyridine rings is 2. The van der Waals surface area contributed by atoms with Gasteiger partial charge in [-0.1, -0.05) is 41.5 Å². The summed E-state index contributed by atoms with van der Waals surface area (Å²) in [5.41, 5.74) is 26.0. The largest absolute Gasteiger partial charge is 0.451 e. The first-order valence-corrected chi connectivity index (χ1v) is 16.6. The van der Waals surface area contributed by atoms with Gasteiger partial charge in [-0.3, -0.25) is 4.98 Å². The van der Waals surface area contributed by atoms with Crippen LogP contribution in [0.15, 0.2) is 48.1 Å². The summed E-state index contributed by atoms with van der Waals surface area (Å²) in [5.74, 6) is 2.67. The number of hydrogen-bond acceptors (Lipinski definition) is 15. The van der Waals surface area contributed by atoms with E-state index in [0.29, 0.717) is 28.7 Å². The molecule has 8 N–H and O–H groups in total. The van der Waals surface area contributed by atoms with Crippen molar-refractivity contribution in [2.45, 2.75) is 76.0 Å². The van der Waals surface area contributed by atoms with Crippen LogP contribution in [0.1, 0.15) is 75.8 Å². The molecule has 0 amide bonds. The molecule has 0 fully saturated rings. The Labute approximate surface area is 282 Å². The first kappa shape index (κ1) is 33.6. The van der Waals surface area contributed by atoms with Gasteiger partial charge in [-0.05, 0) is 24.7 Å². The third-order valence-corrected chi connectivity index (χ3v) is 9.09. The van der Waals surface area contributed by atoms with E-state index in [1.165, 1.54) is 12.4 Å². The number of rotatable bonds is 11. The molecule has 13 nitrogen and oxygen atoms in total. The quantitative estimate of drug-likeness (QED) is 0.106. The van der Waals surface area contributed by atoms with Crippen molar-refractivity contribution in [2.75, 3.05) is 22.9 Å². The average molecular weight is 674 g/mol. The van der Waals surface area contributed by atoms with Gasteiger partial charge >= 0.3 is 0 Å². The lowest BCUT2D eigenvalue weighted by atomic mass is 9.96. The van der Waals surface area contributed by atoms with Crippen molar-refractivity contribution in [3.8, 4) is 33.7 Å². The zero-order valence-electron chi connectivity index (χ0n) is 27.2. The SMILES string of the molecule is CC(C)c1cnc(-c2ncc(CCC(C)c3cnc(SC(C)(C)C)cc3Oc3cnc(N)nc3N)s2)cc1Oc1cnc(N)nc1N. The monoisotopic (exact) mass is 673 g/mol. The maximum Gasteiger partial charge on any atom is 0.222 e. The number of hydrogen-bond donors (Lipinski definition) is 4. The fraction of sp³-hybridized carbons (Fsp3) is 0.344. The molecule has 0 radical (unpaired) electrons. The van der Waals surface area contributed by atoms with Crippen LogP contribution in [0.25, 0.3) is 10.7 Å². The number of nitrogen functional groups attached to an aromatic ring is 4. The summed E-state index contributed by atoms with van der Waals surface area (Å²) >= 11 is 3.24. The van der Waals surface area contributed by atoms with Crippen LogP contribution in [0.5, 0.6) is 23.0 Å². The van der Waals surface area contributed by atoms with Gasteiger partial charge in [0.2, 0.25) is 11.9 Å². The van der Waals surface area contributed by atoms with Gasteiger partial charge in [-0.15, -0.1) is 23.1 Å². The highest BCUT2D eigenvalue weighted by Crippen LogP contribution is 2.40. The van der Waals surface area contributed by atoms with Gasteiger partial charge in [0, 0.05) is 51.5 Å².